The lowest BCUT2D eigenvalue weighted by molar-refractivity contribution is -0.170. The van der Waals surface area contributed by atoms with Crippen molar-refractivity contribution in [1.82, 2.24) is 0 Å². The Hall–Kier alpha value is -1.12. The topological polar surface area (TPSA) is 135 Å². The number of carbonyl (C=O) groups excluding carboxylic acids is 2. The minimum atomic E-state index is -1.82. The van der Waals surface area contributed by atoms with Crippen LogP contribution in [0, 0.1) is 39.9 Å². The monoisotopic (exact) mass is 506 g/mol. The molecule has 0 aliphatic heterocycles. The largest absolute Gasteiger partial charge is 0.393 e. The van der Waals surface area contributed by atoms with Gasteiger partial charge in [0.25, 0.3) is 0 Å². The molecular formula is C29H46O7. The average molecular weight is 507 g/mol. The van der Waals surface area contributed by atoms with Crippen LogP contribution in [0.4, 0.5) is 0 Å². The lowest BCUT2D eigenvalue weighted by Crippen LogP contribution is -2.62. The van der Waals surface area contributed by atoms with Crippen molar-refractivity contribution in [3.05, 3.63) is 11.6 Å². The highest BCUT2D eigenvalue weighted by Gasteiger charge is 2.70. The fourth-order valence-electron chi connectivity index (χ4n) is 8.79. The molecule has 0 unspecified atom stereocenters. The van der Waals surface area contributed by atoms with Crippen LogP contribution < -0.4 is 0 Å². The van der Waals surface area contributed by atoms with Gasteiger partial charge in [-0.05, 0) is 69.1 Å². The molecule has 0 spiro atoms. The van der Waals surface area contributed by atoms with Crippen LogP contribution in [-0.2, 0) is 9.59 Å². The van der Waals surface area contributed by atoms with Gasteiger partial charge in [0.1, 0.15) is 11.4 Å². The summed E-state index contributed by atoms with van der Waals surface area (Å²) in [6, 6.07) is 0. The van der Waals surface area contributed by atoms with Gasteiger partial charge in [0.15, 0.2) is 5.78 Å². The standard InChI is InChI=1S/C29H46O7/c1-25(2,35)10-9-21(33)29(7,36)23-17-13-18(30)22-15-12-19(31)24(34)26(3,4)16(15)8-11-27(22,5)28(17,6)14-20(23)32/h8,15,17,19-20,22-24,31-32,34-36H,9-14H2,1-7H3/t15-,17-,19+,20-,22+,23-,24-,27-,28-,29+/m1/s1. The number of hydrogen-bond donors (Lipinski definition) is 5. The van der Waals surface area contributed by atoms with Crippen molar-refractivity contribution in [3.8, 4) is 0 Å². The zero-order chi connectivity index (χ0) is 27.2. The number of aliphatic hydroxyl groups excluding tert-OH is 3. The molecule has 0 heterocycles. The first-order valence-electron chi connectivity index (χ1n) is 13.5. The average Bonchev–Trinajstić information content (AvgIpc) is 3.01. The second kappa shape index (κ2) is 8.44. The molecule has 5 N–H and O–H groups in total. The van der Waals surface area contributed by atoms with E-state index < -0.39 is 57.5 Å². The number of carbonyl (C=O) groups is 2. The van der Waals surface area contributed by atoms with Crippen molar-refractivity contribution in [2.75, 3.05) is 0 Å². The summed E-state index contributed by atoms with van der Waals surface area (Å²) in [6.07, 6.45) is 1.04. The highest BCUT2D eigenvalue weighted by Crippen LogP contribution is 2.71. The van der Waals surface area contributed by atoms with E-state index in [9.17, 15) is 35.1 Å². The van der Waals surface area contributed by atoms with Gasteiger partial charge in [0.05, 0.1) is 23.9 Å². The fourth-order valence-corrected chi connectivity index (χ4v) is 8.79. The van der Waals surface area contributed by atoms with E-state index in [4.69, 9.17) is 0 Å². The molecular weight excluding hydrogens is 460 g/mol. The van der Waals surface area contributed by atoms with Crippen molar-refractivity contribution in [1.29, 1.82) is 0 Å². The second-order valence-corrected chi connectivity index (χ2v) is 14.2. The molecule has 0 bridgehead atoms. The normalized spacial score (nSPS) is 45.7. The molecule has 10 atom stereocenters. The molecule has 0 radical (unpaired) electrons. The van der Waals surface area contributed by atoms with Gasteiger partial charge >= 0.3 is 0 Å². The van der Waals surface area contributed by atoms with Crippen molar-refractivity contribution in [2.24, 2.45) is 39.9 Å². The molecule has 4 aliphatic carbocycles. The smallest absolute Gasteiger partial charge is 0.164 e. The highest BCUT2D eigenvalue weighted by atomic mass is 16.3. The molecule has 204 valence electrons. The van der Waals surface area contributed by atoms with E-state index in [-0.39, 0.29) is 42.8 Å². The predicted octanol–water partition coefficient (Wildman–Crippen LogP) is 2.55. The van der Waals surface area contributed by atoms with Crippen LogP contribution >= 0.6 is 0 Å². The van der Waals surface area contributed by atoms with Crippen molar-refractivity contribution >= 4 is 11.6 Å². The van der Waals surface area contributed by atoms with Crippen molar-refractivity contribution in [2.45, 2.75) is 117 Å². The number of aliphatic hydroxyl groups is 5. The third-order valence-electron chi connectivity index (χ3n) is 11.1. The Balaban J connectivity index is 1.71. The van der Waals surface area contributed by atoms with Gasteiger partial charge in [-0.2, -0.15) is 0 Å². The van der Waals surface area contributed by atoms with Gasteiger partial charge < -0.3 is 25.5 Å². The minimum absolute atomic E-state index is 0.0134. The maximum atomic E-state index is 13.9. The van der Waals surface area contributed by atoms with Gasteiger partial charge in [0, 0.05) is 30.1 Å². The molecule has 3 saturated carbocycles. The maximum absolute atomic E-state index is 13.9. The molecule has 36 heavy (non-hydrogen) atoms. The zero-order valence-electron chi connectivity index (χ0n) is 22.9. The first kappa shape index (κ1) is 27.9. The van der Waals surface area contributed by atoms with Crippen LogP contribution in [0.3, 0.4) is 0 Å². The van der Waals surface area contributed by atoms with E-state index in [0.29, 0.717) is 19.3 Å². The fraction of sp³-hybridized carbons (Fsp3) is 0.862. The number of fused-ring (bicyclic) bond motifs is 5. The zero-order valence-corrected chi connectivity index (χ0v) is 22.9. The van der Waals surface area contributed by atoms with Crippen LogP contribution in [0.25, 0.3) is 0 Å². The Labute approximate surface area is 215 Å². The lowest BCUT2D eigenvalue weighted by atomic mass is 9.41. The highest BCUT2D eigenvalue weighted by molar-refractivity contribution is 5.88. The summed E-state index contributed by atoms with van der Waals surface area (Å²) in [7, 11) is 0. The Bertz CT molecular complexity index is 959. The molecule has 3 fully saturated rings. The van der Waals surface area contributed by atoms with Gasteiger partial charge in [0.2, 0.25) is 0 Å². The molecule has 0 aromatic heterocycles. The molecule has 7 heteroatoms. The molecule has 4 rings (SSSR count). The summed E-state index contributed by atoms with van der Waals surface area (Å²) < 4.78 is 0. The van der Waals surface area contributed by atoms with Crippen LogP contribution in [-0.4, -0.2) is 66.6 Å². The van der Waals surface area contributed by atoms with E-state index >= 15 is 0 Å². The Morgan fingerprint density at radius 3 is 2.22 bits per heavy atom. The molecule has 0 aromatic carbocycles. The summed E-state index contributed by atoms with van der Waals surface area (Å²) in [5.74, 6) is -2.07. The number of ketones is 2. The van der Waals surface area contributed by atoms with E-state index in [1.807, 2.05) is 13.8 Å². The van der Waals surface area contributed by atoms with Crippen LogP contribution in [0.1, 0.15) is 87.0 Å². The number of hydrogen-bond acceptors (Lipinski definition) is 7. The third kappa shape index (κ3) is 3.87. The minimum Gasteiger partial charge on any atom is -0.393 e. The molecule has 0 aromatic rings. The van der Waals surface area contributed by atoms with E-state index in [1.54, 1.807) is 13.8 Å². The number of allylic oxidation sites excluding steroid dienone is 1. The Morgan fingerprint density at radius 2 is 1.64 bits per heavy atom. The number of rotatable bonds is 5. The van der Waals surface area contributed by atoms with Crippen LogP contribution in [0.5, 0.6) is 0 Å². The van der Waals surface area contributed by atoms with Gasteiger partial charge in [-0.3, -0.25) is 9.59 Å². The van der Waals surface area contributed by atoms with Gasteiger partial charge in [-0.25, -0.2) is 0 Å². The first-order chi connectivity index (χ1) is 16.3. The Kier molecular flexibility index (Phi) is 6.54. The first-order valence-corrected chi connectivity index (χ1v) is 13.5. The van der Waals surface area contributed by atoms with E-state index in [2.05, 4.69) is 19.9 Å². The summed E-state index contributed by atoms with van der Waals surface area (Å²) >= 11 is 0. The summed E-state index contributed by atoms with van der Waals surface area (Å²) in [5.41, 5.74) is -3.52. The van der Waals surface area contributed by atoms with E-state index in [0.717, 1.165) is 5.57 Å². The number of Topliss-reactive ketones (excluding diaryl/α,β-unsaturated/α-hetero) is 2. The lowest BCUT2D eigenvalue weighted by Gasteiger charge is -2.62. The molecule has 4 aliphatic rings. The van der Waals surface area contributed by atoms with Crippen LogP contribution in [0.2, 0.25) is 0 Å². The Morgan fingerprint density at radius 1 is 1.03 bits per heavy atom. The predicted molar refractivity (Wildman–Crippen MR) is 135 cm³/mol. The third-order valence-corrected chi connectivity index (χ3v) is 11.1. The van der Waals surface area contributed by atoms with E-state index in [1.165, 1.54) is 6.92 Å². The van der Waals surface area contributed by atoms with Crippen molar-refractivity contribution < 1.29 is 35.1 Å². The van der Waals surface area contributed by atoms with Crippen LogP contribution in [0.15, 0.2) is 11.6 Å². The molecule has 0 saturated heterocycles. The molecule has 0 amide bonds. The SMILES string of the molecule is CC(C)(O)CCC(=O)[C@](C)(O)[C@H]1[C@H](O)C[C@]2(C)[C@@H]1CC(=O)[C@@H]1[C@@H]3C[C@H](O)[C@@H](O)C(C)(C)C3=CC[C@]12C. The molecule has 7 nitrogen and oxygen atoms in total. The van der Waals surface area contributed by atoms with Gasteiger partial charge in [-0.15, -0.1) is 0 Å². The quantitative estimate of drug-likeness (QED) is 0.362. The maximum Gasteiger partial charge on any atom is 0.164 e. The van der Waals surface area contributed by atoms with Gasteiger partial charge in [-0.1, -0.05) is 39.3 Å². The summed E-state index contributed by atoms with van der Waals surface area (Å²) in [6.45, 7) is 12.7. The van der Waals surface area contributed by atoms with Crippen molar-refractivity contribution in [3.63, 3.8) is 0 Å². The second-order valence-electron chi connectivity index (χ2n) is 14.2. The summed E-state index contributed by atoms with van der Waals surface area (Å²) in [5, 5.41) is 54.3. The summed E-state index contributed by atoms with van der Waals surface area (Å²) in [4.78, 5) is 27.1.